The summed E-state index contributed by atoms with van der Waals surface area (Å²) in [6, 6.07) is 23.0. The molecule has 0 heterocycles. The van der Waals surface area contributed by atoms with Gasteiger partial charge in [-0.25, -0.2) is 8.42 Å². The van der Waals surface area contributed by atoms with Gasteiger partial charge in [0, 0.05) is 13.0 Å². The molecule has 0 spiro atoms. The number of anilines is 1. The number of hydrogen-bond acceptors (Lipinski definition) is 4. The highest BCUT2D eigenvalue weighted by Crippen LogP contribution is 2.17. The number of benzene rings is 3. The van der Waals surface area contributed by atoms with Crippen LogP contribution in [0.25, 0.3) is 0 Å². The van der Waals surface area contributed by atoms with E-state index in [0.29, 0.717) is 24.2 Å². The van der Waals surface area contributed by atoms with Gasteiger partial charge in [-0.05, 0) is 43.2 Å². The topological polar surface area (TPSA) is 92.3 Å². The lowest BCUT2D eigenvalue weighted by Gasteiger charge is -2.12. The monoisotopic (exact) mass is 450 g/mol. The molecule has 0 aliphatic rings. The summed E-state index contributed by atoms with van der Waals surface area (Å²) in [4.78, 5) is 25.2. The Kier molecular flexibility index (Phi) is 7.78. The number of carbonyl (C=O) groups excluding carboxylic acids is 2. The zero-order valence-corrected chi connectivity index (χ0v) is 18.7. The zero-order chi connectivity index (χ0) is 23.0. The highest BCUT2D eigenvalue weighted by Gasteiger charge is 2.18. The van der Waals surface area contributed by atoms with Crippen LogP contribution in [0.2, 0.25) is 0 Å². The van der Waals surface area contributed by atoms with Crippen molar-refractivity contribution in [2.45, 2.75) is 24.7 Å². The molecule has 0 bridgehead atoms. The molecule has 0 aliphatic carbocycles. The summed E-state index contributed by atoms with van der Waals surface area (Å²) in [6.07, 6.45) is 0.484. The Hall–Kier alpha value is -3.45. The van der Waals surface area contributed by atoms with Crippen LogP contribution in [0.4, 0.5) is 5.69 Å². The maximum Gasteiger partial charge on any atom is 0.253 e. The van der Waals surface area contributed by atoms with E-state index in [9.17, 15) is 18.0 Å². The van der Waals surface area contributed by atoms with Crippen molar-refractivity contribution in [1.29, 1.82) is 0 Å². The number of nitrogens with one attached hydrogen (secondary N) is 2. The second kappa shape index (κ2) is 10.7. The van der Waals surface area contributed by atoms with Crippen LogP contribution < -0.4 is 10.6 Å². The highest BCUT2D eigenvalue weighted by atomic mass is 32.2. The molecule has 3 aromatic carbocycles. The lowest BCUT2D eigenvalue weighted by Crippen LogP contribution is -2.27. The quantitative estimate of drug-likeness (QED) is 0.519. The van der Waals surface area contributed by atoms with E-state index in [-0.39, 0.29) is 23.0 Å². The van der Waals surface area contributed by atoms with Crippen molar-refractivity contribution in [2.75, 3.05) is 17.6 Å². The summed E-state index contributed by atoms with van der Waals surface area (Å²) in [6.45, 7) is 2.33. The van der Waals surface area contributed by atoms with Crippen molar-refractivity contribution in [1.82, 2.24) is 5.32 Å². The molecule has 3 rings (SSSR count). The van der Waals surface area contributed by atoms with Gasteiger partial charge in [0.15, 0.2) is 9.84 Å². The van der Waals surface area contributed by atoms with E-state index < -0.39 is 15.7 Å². The first-order valence-corrected chi connectivity index (χ1v) is 12.0. The van der Waals surface area contributed by atoms with Gasteiger partial charge in [-0.15, -0.1) is 0 Å². The molecule has 0 radical (unpaired) electrons. The van der Waals surface area contributed by atoms with E-state index in [1.54, 1.807) is 36.4 Å². The smallest absolute Gasteiger partial charge is 0.253 e. The average Bonchev–Trinajstić information content (AvgIpc) is 2.79. The summed E-state index contributed by atoms with van der Waals surface area (Å²) in [5, 5.41) is 5.53. The lowest BCUT2D eigenvalue weighted by molar-refractivity contribution is -0.115. The average molecular weight is 451 g/mol. The van der Waals surface area contributed by atoms with Crippen LogP contribution in [-0.2, 0) is 21.1 Å². The molecule has 32 heavy (non-hydrogen) atoms. The Balaban J connectivity index is 1.57. The van der Waals surface area contributed by atoms with Crippen molar-refractivity contribution in [3.8, 4) is 0 Å². The molecular formula is C25H26N2O4S. The molecule has 6 nitrogen and oxygen atoms in total. The molecule has 3 aromatic rings. The van der Waals surface area contributed by atoms with E-state index in [1.807, 2.05) is 37.3 Å². The summed E-state index contributed by atoms with van der Waals surface area (Å²) in [7, 11) is -3.57. The first-order chi connectivity index (χ1) is 15.3. The first-order valence-electron chi connectivity index (χ1n) is 10.4. The van der Waals surface area contributed by atoms with Gasteiger partial charge < -0.3 is 10.6 Å². The summed E-state index contributed by atoms with van der Waals surface area (Å²) >= 11 is 0. The molecular weight excluding hydrogens is 424 g/mol. The fraction of sp³-hybridized carbons (Fsp3) is 0.200. The first kappa shape index (κ1) is 23.2. The Morgan fingerprint density at radius 2 is 1.50 bits per heavy atom. The highest BCUT2D eigenvalue weighted by molar-refractivity contribution is 7.91. The molecule has 0 saturated heterocycles. The van der Waals surface area contributed by atoms with Gasteiger partial charge in [0.2, 0.25) is 5.91 Å². The Labute approximate surface area is 188 Å². The predicted molar refractivity (Wildman–Crippen MR) is 125 cm³/mol. The Morgan fingerprint density at radius 3 is 2.22 bits per heavy atom. The number of hydrogen-bond donors (Lipinski definition) is 2. The summed E-state index contributed by atoms with van der Waals surface area (Å²) in [5.74, 6) is -1.08. The molecule has 7 heteroatoms. The van der Waals surface area contributed by atoms with E-state index >= 15 is 0 Å². The van der Waals surface area contributed by atoms with Gasteiger partial charge in [0.25, 0.3) is 5.91 Å². The molecule has 2 N–H and O–H groups in total. The number of aryl methyl sites for hydroxylation is 1. The van der Waals surface area contributed by atoms with Crippen molar-refractivity contribution in [3.05, 3.63) is 95.6 Å². The van der Waals surface area contributed by atoms with Crippen LogP contribution in [-0.4, -0.2) is 32.5 Å². The van der Waals surface area contributed by atoms with E-state index in [0.717, 1.165) is 11.1 Å². The molecule has 0 atom stereocenters. The van der Waals surface area contributed by atoms with Crippen LogP contribution in [0, 0.1) is 6.92 Å². The number of para-hydroxylation sites is 1. The molecule has 166 valence electrons. The largest absolute Gasteiger partial charge is 0.352 e. The van der Waals surface area contributed by atoms with Gasteiger partial charge in [-0.3, -0.25) is 9.59 Å². The summed E-state index contributed by atoms with van der Waals surface area (Å²) < 4.78 is 24.9. The molecule has 0 fully saturated rings. The van der Waals surface area contributed by atoms with Crippen LogP contribution in [0.5, 0.6) is 0 Å². The Bertz CT molecular complexity index is 1170. The third-order valence-corrected chi connectivity index (χ3v) is 6.70. The molecule has 2 amide bonds. The minimum Gasteiger partial charge on any atom is -0.352 e. The molecule has 0 saturated carbocycles. The molecule has 0 aliphatic heterocycles. The SMILES string of the molecule is Cc1ccc(S(=O)(=O)CCC(=O)Nc2ccccc2C(=O)NCCc2ccccc2)cc1. The van der Waals surface area contributed by atoms with Crippen LogP contribution in [0.1, 0.15) is 27.9 Å². The van der Waals surface area contributed by atoms with Crippen LogP contribution >= 0.6 is 0 Å². The van der Waals surface area contributed by atoms with Crippen molar-refractivity contribution >= 4 is 27.3 Å². The molecule has 0 unspecified atom stereocenters. The van der Waals surface area contributed by atoms with Gasteiger partial charge in [0.05, 0.1) is 21.9 Å². The number of amides is 2. The second-order valence-corrected chi connectivity index (χ2v) is 9.58. The third-order valence-electron chi connectivity index (χ3n) is 4.97. The number of carbonyl (C=O) groups is 2. The second-order valence-electron chi connectivity index (χ2n) is 7.47. The minimum absolute atomic E-state index is 0.189. The van der Waals surface area contributed by atoms with Crippen molar-refractivity contribution in [2.24, 2.45) is 0 Å². The fourth-order valence-electron chi connectivity index (χ4n) is 3.15. The van der Waals surface area contributed by atoms with Gasteiger partial charge in [-0.2, -0.15) is 0 Å². The third kappa shape index (κ3) is 6.52. The van der Waals surface area contributed by atoms with E-state index in [2.05, 4.69) is 10.6 Å². The maximum atomic E-state index is 12.6. The fourth-order valence-corrected chi connectivity index (χ4v) is 4.39. The zero-order valence-electron chi connectivity index (χ0n) is 17.9. The predicted octanol–water partition coefficient (Wildman–Crippen LogP) is 3.77. The molecule has 0 aromatic heterocycles. The van der Waals surface area contributed by atoms with E-state index in [1.165, 1.54) is 12.1 Å². The Morgan fingerprint density at radius 1 is 0.844 bits per heavy atom. The van der Waals surface area contributed by atoms with Crippen molar-refractivity contribution < 1.29 is 18.0 Å². The standard InChI is InChI=1S/C25H26N2O4S/c1-19-11-13-21(14-12-19)32(30,31)18-16-24(28)27-23-10-6-5-9-22(23)25(29)26-17-15-20-7-3-2-4-8-20/h2-14H,15-18H2,1H3,(H,26,29)(H,27,28). The van der Waals surface area contributed by atoms with Gasteiger partial charge >= 0.3 is 0 Å². The maximum absolute atomic E-state index is 12.6. The summed E-state index contributed by atoms with van der Waals surface area (Å²) in [5.41, 5.74) is 2.75. The van der Waals surface area contributed by atoms with Crippen LogP contribution in [0.15, 0.2) is 83.8 Å². The minimum atomic E-state index is -3.57. The number of sulfone groups is 1. The van der Waals surface area contributed by atoms with Crippen molar-refractivity contribution in [3.63, 3.8) is 0 Å². The van der Waals surface area contributed by atoms with E-state index in [4.69, 9.17) is 0 Å². The lowest BCUT2D eigenvalue weighted by atomic mass is 10.1. The normalized spacial score (nSPS) is 11.0. The number of rotatable bonds is 9. The van der Waals surface area contributed by atoms with Gasteiger partial charge in [0.1, 0.15) is 0 Å². The van der Waals surface area contributed by atoms with Crippen LogP contribution in [0.3, 0.4) is 0 Å². The van der Waals surface area contributed by atoms with Gasteiger partial charge in [-0.1, -0.05) is 60.2 Å².